The summed E-state index contributed by atoms with van der Waals surface area (Å²) in [6.45, 7) is 9.80. The third kappa shape index (κ3) is 2.70. The molecule has 0 aliphatic rings. The summed E-state index contributed by atoms with van der Waals surface area (Å²) in [5.41, 5.74) is 3.33. The minimum absolute atomic E-state index is 0.261. The van der Waals surface area contributed by atoms with Crippen molar-refractivity contribution in [2.24, 2.45) is 0 Å². The molecule has 0 amide bonds. The lowest BCUT2D eigenvalue weighted by molar-refractivity contribution is 0.555. The van der Waals surface area contributed by atoms with E-state index in [1.807, 2.05) is 51.1 Å². The highest BCUT2D eigenvalue weighted by Gasteiger charge is 2.06. The first-order valence-electron chi connectivity index (χ1n) is 6.30. The summed E-state index contributed by atoms with van der Waals surface area (Å²) in [5, 5.41) is 0.996. The molecule has 0 bridgehead atoms. The van der Waals surface area contributed by atoms with Gasteiger partial charge in [0, 0.05) is 10.9 Å². The first kappa shape index (κ1) is 14.2. The van der Waals surface area contributed by atoms with Gasteiger partial charge in [-0.25, -0.2) is 4.79 Å². The third-order valence-corrected chi connectivity index (χ3v) is 2.68. The van der Waals surface area contributed by atoms with E-state index in [9.17, 15) is 4.79 Å². The predicted molar refractivity (Wildman–Crippen MR) is 78.0 cm³/mol. The zero-order valence-corrected chi connectivity index (χ0v) is 11.7. The fraction of sp³-hybridized carbons (Fsp3) is 0.312. The van der Waals surface area contributed by atoms with Crippen molar-refractivity contribution in [3.8, 4) is 0 Å². The Kier molecular flexibility index (Phi) is 4.90. The lowest BCUT2D eigenvalue weighted by atomic mass is 10.0. The maximum absolute atomic E-state index is 11.4. The minimum Gasteiger partial charge on any atom is -0.423 e. The zero-order chi connectivity index (χ0) is 13.7. The molecule has 0 saturated carbocycles. The van der Waals surface area contributed by atoms with Gasteiger partial charge in [0.15, 0.2) is 0 Å². The SMILES string of the molecule is C/C=C\c1c(C)ccc2oc(=O)c(C)cc12.CC. The quantitative estimate of drug-likeness (QED) is 0.693. The van der Waals surface area contributed by atoms with Crippen LogP contribution in [0.25, 0.3) is 17.0 Å². The Morgan fingerprint density at radius 2 is 1.78 bits per heavy atom. The van der Waals surface area contributed by atoms with E-state index in [0.717, 1.165) is 10.9 Å². The summed E-state index contributed by atoms with van der Waals surface area (Å²) < 4.78 is 5.24. The average Bonchev–Trinajstić information content (AvgIpc) is 2.38. The van der Waals surface area contributed by atoms with Crippen molar-refractivity contribution in [1.29, 1.82) is 0 Å². The predicted octanol–water partition coefficient (Wildman–Crippen LogP) is 4.47. The molecule has 18 heavy (non-hydrogen) atoms. The molecule has 1 heterocycles. The summed E-state index contributed by atoms with van der Waals surface area (Å²) in [7, 11) is 0. The van der Waals surface area contributed by atoms with E-state index in [1.54, 1.807) is 6.92 Å². The number of allylic oxidation sites excluding steroid dienone is 1. The highest BCUT2D eigenvalue weighted by Crippen LogP contribution is 2.23. The van der Waals surface area contributed by atoms with E-state index in [-0.39, 0.29) is 5.63 Å². The van der Waals surface area contributed by atoms with Crippen LogP contribution in [0.1, 0.15) is 37.5 Å². The van der Waals surface area contributed by atoms with Gasteiger partial charge in [0.2, 0.25) is 0 Å². The molecule has 1 aromatic carbocycles. The van der Waals surface area contributed by atoms with Crippen LogP contribution >= 0.6 is 0 Å². The van der Waals surface area contributed by atoms with Crippen LogP contribution in [0, 0.1) is 13.8 Å². The summed E-state index contributed by atoms with van der Waals surface area (Å²) in [6.07, 6.45) is 4.03. The molecule has 2 heteroatoms. The van der Waals surface area contributed by atoms with Gasteiger partial charge >= 0.3 is 5.63 Å². The summed E-state index contributed by atoms with van der Waals surface area (Å²) in [4.78, 5) is 11.4. The van der Waals surface area contributed by atoms with Crippen molar-refractivity contribution in [2.45, 2.75) is 34.6 Å². The molecule has 2 nitrogen and oxygen atoms in total. The van der Waals surface area contributed by atoms with Gasteiger partial charge < -0.3 is 4.42 Å². The molecule has 0 fully saturated rings. The standard InChI is InChI=1S/C14H14O2.C2H6/c1-4-5-11-9(2)6-7-13-12(11)8-10(3)14(15)16-13;1-2/h4-8H,1-3H3;1-2H3/b5-4-;. The fourth-order valence-electron chi connectivity index (χ4n) is 1.81. The molecule has 0 saturated heterocycles. The zero-order valence-electron chi connectivity index (χ0n) is 11.7. The number of fused-ring (bicyclic) bond motifs is 1. The van der Waals surface area contributed by atoms with E-state index in [1.165, 1.54) is 5.56 Å². The minimum atomic E-state index is -0.261. The van der Waals surface area contributed by atoms with Gasteiger partial charge in [-0.2, -0.15) is 0 Å². The molecule has 96 valence electrons. The Labute approximate surface area is 108 Å². The van der Waals surface area contributed by atoms with Crippen molar-refractivity contribution in [3.63, 3.8) is 0 Å². The smallest absolute Gasteiger partial charge is 0.339 e. The molecule has 0 N–H and O–H groups in total. The molecule has 2 rings (SSSR count). The molecular formula is C16H20O2. The van der Waals surface area contributed by atoms with Gasteiger partial charge in [0.05, 0.1) is 0 Å². The Hall–Kier alpha value is -1.83. The molecule has 0 spiro atoms. The van der Waals surface area contributed by atoms with Gasteiger partial charge in [0.1, 0.15) is 5.58 Å². The second-order valence-electron chi connectivity index (χ2n) is 3.92. The summed E-state index contributed by atoms with van der Waals surface area (Å²) in [6, 6.07) is 5.71. The van der Waals surface area contributed by atoms with Gasteiger partial charge in [-0.1, -0.05) is 32.1 Å². The Morgan fingerprint density at radius 3 is 2.39 bits per heavy atom. The molecule has 0 radical (unpaired) electrons. The van der Waals surface area contributed by atoms with Crippen molar-refractivity contribution in [1.82, 2.24) is 0 Å². The second kappa shape index (κ2) is 6.20. The summed E-state index contributed by atoms with van der Waals surface area (Å²) in [5.74, 6) is 0. The van der Waals surface area contributed by atoms with Crippen molar-refractivity contribution in [2.75, 3.05) is 0 Å². The number of benzene rings is 1. The first-order valence-corrected chi connectivity index (χ1v) is 6.30. The maximum atomic E-state index is 11.4. The van der Waals surface area contributed by atoms with Gasteiger partial charge in [0.25, 0.3) is 0 Å². The lowest BCUT2D eigenvalue weighted by Gasteiger charge is -2.05. The first-order chi connectivity index (χ1) is 8.63. The molecule has 0 atom stereocenters. The Morgan fingerprint density at radius 1 is 1.11 bits per heavy atom. The molecule has 1 aromatic heterocycles. The summed E-state index contributed by atoms with van der Waals surface area (Å²) >= 11 is 0. The van der Waals surface area contributed by atoms with Gasteiger partial charge in [-0.3, -0.25) is 0 Å². The molecular weight excluding hydrogens is 224 g/mol. The molecule has 0 unspecified atom stereocenters. The van der Waals surface area contributed by atoms with E-state index >= 15 is 0 Å². The van der Waals surface area contributed by atoms with Crippen LogP contribution in [0.2, 0.25) is 0 Å². The lowest BCUT2D eigenvalue weighted by Crippen LogP contribution is -2.02. The van der Waals surface area contributed by atoms with Crippen LogP contribution < -0.4 is 5.63 Å². The van der Waals surface area contributed by atoms with Gasteiger partial charge in [-0.15, -0.1) is 0 Å². The van der Waals surface area contributed by atoms with Crippen LogP contribution in [0.4, 0.5) is 0 Å². The average molecular weight is 244 g/mol. The second-order valence-corrected chi connectivity index (χ2v) is 3.92. The van der Waals surface area contributed by atoms with Crippen LogP contribution in [0.15, 0.2) is 33.5 Å². The van der Waals surface area contributed by atoms with E-state index in [2.05, 4.69) is 6.92 Å². The van der Waals surface area contributed by atoms with Crippen LogP contribution in [-0.4, -0.2) is 0 Å². The van der Waals surface area contributed by atoms with E-state index < -0.39 is 0 Å². The van der Waals surface area contributed by atoms with Gasteiger partial charge in [-0.05, 0) is 44.0 Å². The van der Waals surface area contributed by atoms with Crippen LogP contribution in [-0.2, 0) is 0 Å². The van der Waals surface area contributed by atoms with E-state index in [0.29, 0.717) is 11.1 Å². The topological polar surface area (TPSA) is 30.2 Å². The maximum Gasteiger partial charge on any atom is 0.339 e. The normalized spacial score (nSPS) is 10.5. The third-order valence-electron chi connectivity index (χ3n) is 2.68. The number of hydrogen-bond donors (Lipinski definition) is 0. The molecule has 0 aliphatic carbocycles. The highest BCUT2D eigenvalue weighted by atomic mass is 16.4. The molecule has 2 aromatic rings. The highest BCUT2D eigenvalue weighted by molar-refractivity contribution is 5.88. The van der Waals surface area contributed by atoms with Crippen molar-refractivity contribution < 1.29 is 4.42 Å². The number of aryl methyl sites for hydroxylation is 2. The monoisotopic (exact) mass is 244 g/mol. The Balaban J connectivity index is 0.000000771. The van der Waals surface area contributed by atoms with Crippen LogP contribution in [0.3, 0.4) is 0 Å². The molecule has 0 aliphatic heterocycles. The number of rotatable bonds is 1. The Bertz CT molecular complexity index is 619. The van der Waals surface area contributed by atoms with Crippen molar-refractivity contribution >= 4 is 17.0 Å². The fourth-order valence-corrected chi connectivity index (χ4v) is 1.81. The van der Waals surface area contributed by atoms with Crippen molar-refractivity contribution in [3.05, 3.63) is 51.4 Å². The largest absolute Gasteiger partial charge is 0.423 e. The number of hydrogen-bond acceptors (Lipinski definition) is 2. The van der Waals surface area contributed by atoms with E-state index in [4.69, 9.17) is 4.42 Å². The van der Waals surface area contributed by atoms with Crippen LogP contribution in [0.5, 0.6) is 0 Å².